The van der Waals surface area contributed by atoms with Crippen LogP contribution in [0.25, 0.3) is 10.8 Å². The third-order valence-corrected chi connectivity index (χ3v) is 4.37. The van der Waals surface area contributed by atoms with Crippen LogP contribution in [0.3, 0.4) is 0 Å². The molecule has 0 aliphatic carbocycles. The van der Waals surface area contributed by atoms with Crippen molar-refractivity contribution < 1.29 is 14.3 Å². The first kappa shape index (κ1) is 13.8. The van der Waals surface area contributed by atoms with Gasteiger partial charge in [0.2, 0.25) is 0 Å². The van der Waals surface area contributed by atoms with E-state index < -0.39 is 5.60 Å². The largest absolute Gasteiger partial charge is 0.462 e. The van der Waals surface area contributed by atoms with E-state index in [0.717, 1.165) is 16.5 Å². The summed E-state index contributed by atoms with van der Waals surface area (Å²) in [5.41, 5.74) is 0.329. The van der Waals surface area contributed by atoms with E-state index in [0.29, 0.717) is 39.1 Å². The van der Waals surface area contributed by atoms with Gasteiger partial charge in [-0.3, -0.25) is 0 Å². The predicted octanol–water partition coefficient (Wildman–Crippen LogP) is 2.03. The first-order valence-corrected chi connectivity index (χ1v) is 7.62. The maximum atomic E-state index is 10.3. The highest BCUT2D eigenvalue weighted by molar-refractivity contribution is 7.13. The molecule has 5 nitrogen and oxygen atoms in total. The molecule has 2 aromatic rings. The molecule has 1 saturated heterocycles. The SMILES string of the molecule is OC1(CNCc2csc(-c3ccco3)n2)CCOCC1. The number of hydrogen-bond acceptors (Lipinski definition) is 6. The average Bonchev–Trinajstić information content (AvgIpc) is 3.09. The standard InChI is InChI=1S/C14H18N2O3S/c17-14(3-6-18-7-4-14)10-15-8-11-9-20-13(16-11)12-2-1-5-19-12/h1-2,5,9,15,17H,3-4,6-8,10H2. The molecule has 108 valence electrons. The van der Waals surface area contributed by atoms with Crippen molar-refractivity contribution in [2.24, 2.45) is 0 Å². The number of hydrogen-bond donors (Lipinski definition) is 2. The van der Waals surface area contributed by atoms with E-state index in [9.17, 15) is 5.11 Å². The molecule has 1 fully saturated rings. The molecule has 0 spiro atoms. The Hall–Kier alpha value is -1.21. The van der Waals surface area contributed by atoms with Gasteiger partial charge in [-0.2, -0.15) is 0 Å². The normalized spacial score (nSPS) is 18.2. The van der Waals surface area contributed by atoms with Crippen LogP contribution >= 0.6 is 11.3 Å². The second-order valence-corrected chi connectivity index (χ2v) is 5.92. The Morgan fingerprint density at radius 2 is 2.25 bits per heavy atom. The van der Waals surface area contributed by atoms with Crippen LogP contribution in [0.1, 0.15) is 18.5 Å². The topological polar surface area (TPSA) is 67.5 Å². The summed E-state index contributed by atoms with van der Waals surface area (Å²) in [4.78, 5) is 4.51. The van der Waals surface area contributed by atoms with Crippen molar-refractivity contribution in [1.82, 2.24) is 10.3 Å². The summed E-state index contributed by atoms with van der Waals surface area (Å²) in [6.07, 6.45) is 3.03. The molecule has 0 bridgehead atoms. The Labute approximate surface area is 121 Å². The monoisotopic (exact) mass is 294 g/mol. The Kier molecular flexibility index (Phi) is 4.16. The van der Waals surface area contributed by atoms with Crippen LogP contribution < -0.4 is 5.32 Å². The van der Waals surface area contributed by atoms with Gasteiger partial charge in [0.15, 0.2) is 10.8 Å². The molecule has 20 heavy (non-hydrogen) atoms. The minimum atomic E-state index is -0.641. The molecule has 6 heteroatoms. The van der Waals surface area contributed by atoms with Gasteiger partial charge in [0, 0.05) is 44.5 Å². The van der Waals surface area contributed by atoms with Crippen LogP contribution in [0.15, 0.2) is 28.2 Å². The first-order valence-electron chi connectivity index (χ1n) is 6.74. The molecule has 0 radical (unpaired) electrons. The molecular weight excluding hydrogens is 276 g/mol. The fraction of sp³-hybridized carbons (Fsp3) is 0.500. The molecule has 2 aromatic heterocycles. The molecule has 0 atom stereocenters. The number of ether oxygens (including phenoxy) is 1. The molecule has 3 heterocycles. The van der Waals surface area contributed by atoms with Gasteiger partial charge in [0.05, 0.1) is 17.6 Å². The highest BCUT2D eigenvalue weighted by Gasteiger charge is 2.29. The van der Waals surface area contributed by atoms with Crippen LogP contribution in [0.4, 0.5) is 0 Å². The molecule has 0 unspecified atom stereocenters. The van der Waals surface area contributed by atoms with Gasteiger partial charge < -0.3 is 19.6 Å². The molecule has 3 rings (SSSR count). The fourth-order valence-electron chi connectivity index (χ4n) is 2.25. The number of nitrogens with zero attached hydrogens (tertiary/aromatic N) is 1. The van der Waals surface area contributed by atoms with E-state index in [1.54, 1.807) is 17.6 Å². The molecule has 0 aromatic carbocycles. The van der Waals surface area contributed by atoms with Crippen molar-refractivity contribution in [2.75, 3.05) is 19.8 Å². The van der Waals surface area contributed by atoms with E-state index in [-0.39, 0.29) is 0 Å². The first-order chi connectivity index (χ1) is 9.75. The van der Waals surface area contributed by atoms with Gasteiger partial charge in [-0.25, -0.2) is 4.98 Å². The van der Waals surface area contributed by atoms with Crippen LogP contribution in [0.5, 0.6) is 0 Å². The Bertz CT molecular complexity index is 532. The van der Waals surface area contributed by atoms with Crippen molar-refractivity contribution in [2.45, 2.75) is 25.0 Å². The third-order valence-electron chi connectivity index (χ3n) is 3.47. The third kappa shape index (κ3) is 3.27. The summed E-state index contributed by atoms with van der Waals surface area (Å²) >= 11 is 1.57. The quantitative estimate of drug-likeness (QED) is 0.883. The number of furan rings is 1. The lowest BCUT2D eigenvalue weighted by molar-refractivity contribution is -0.0617. The molecule has 2 N–H and O–H groups in total. The maximum Gasteiger partial charge on any atom is 0.162 e. The zero-order chi connectivity index (χ0) is 13.8. The van der Waals surface area contributed by atoms with E-state index in [2.05, 4.69) is 10.3 Å². The molecule has 1 aliphatic heterocycles. The fourth-order valence-corrected chi connectivity index (χ4v) is 3.04. The van der Waals surface area contributed by atoms with Gasteiger partial charge >= 0.3 is 0 Å². The number of aliphatic hydroxyl groups is 1. The van der Waals surface area contributed by atoms with Crippen molar-refractivity contribution >= 4 is 11.3 Å². The minimum Gasteiger partial charge on any atom is -0.462 e. The van der Waals surface area contributed by atoms with Crippen LogP contribution in [0, 0.1) is 0 Å². The van der Waals surface area contributed by atoms with Crippen molar-refractivity contribution in [3.63, 3.8) is 0 Å². The lowest BCUT2D eigenvalue weighted by atomic mass is 9.94. The van der Waals surface area contributed by atoms with E-state index in [1.165, 1.54) is 0 Å². The lowest BCUT2D eigenvalue weighted by Crippen LogP contribution is -2.44. The van der Waals surface area contributed by atoms with Crippen LogP contribution in [-0.4, -0.2) is 35.5 Å². The van der Waals surface area contributed by atoms with Crippen molar-refractivity contribution in [1.29, 1.82) is 0 Å². The van der Waals surface area contributed by atoms with Crippen LogP contribution in [-0.2, 0) is 11.3 Å². The average molecular weight is 294 g/mol. The second kappa shape index (κ2) is 6.05. The summed E-state index contributed by atoms with van der Waals surface area (Å²) in [7, 11) is 0. The number of rotatable bonds is 5. The summed E-state index contributed by atoms with van der Waals surface area (Å²) in [6.45, 7) is 2.50. The molecule has 0 saturated carbocycles. The Morgan fingerprint density at radius 1 is 1.40 bits per heavy atom. The number of aromatic nitrogens is 1. The number of thiazole rings is 1. The van der Waals surface area contributed by atoms with Gasteiger partial charge in [0.1, 0.15) is 0 Å². The van der Waals surface area contributed by atoms with Gasteiger partial charge in [-0.15, -0.1) is 11.3 Å². The molecular formula is C14H18N2O3S. The van der Waals surface area contributed by atoms with Gasteiger partial charge in [0.25, 0.3) is 0 Å². The lowest BCUT2D eigenvalue weighted by Gasteiger charge is -2.32. The second-order valence-electron chi connectivity index (χ2n) is 5.06. The predicted molar refractivity (Wildman–Crippen MR) is 76.5 cm³/mol. The van der Waals surface area contributed by atoms with Crippen LogP contribution in [0.2, 0.25) is 0 Å². The summed E-state index contributed by atoms with van der Waals surface area (Å²) in [5.74, 6) is 0.796. The highest BCUT2D eigenvalue weighted by atomic mass is 32.1. The Balaban J connectivity index is 1.51. The van der Waals surface area contributed by atoms with Crippen molar-refractivity contribution in [3.8, 4) is 10.8 Å². The minimum absolute atomic E-state index is 0.573. The summed E-state index contributed by atoms with van der Waals surface area (Å²) in [6, 6.07) is 3.76. The molecule has 0 amide bonds. The van der Waals surface area contributed by atoms with E-state index in [4.69, 9.17) is 9.15 Å². The highest BCUT2D eigenvalue weighted by Crippen LogP contribution is 2.24. The van der Waals surface area contributed by atoms with Gasteiger partial charge in [-0.05, 0) is 12.1 Å². The smallest absolute Gasteiger partial charge is 0.162 e. The Morgan fingerprint density at radius 3 is 3.00 bits per heavy atom. The zero-order valence-corrected chi connectivity index (χ0v) is 12.0. The van der Waals surface area contributed by atoms with E-state index >= 15 is 0 Å². The summed E-state index contributed by atoms with van der Waals surface area (Å²) in [5, 5.41) is 16.5. The maximum absolute atomic E-state index is 10.3. The van der Waals surface area contributed by atoms with Gasteiger partial charge in [-0.1, -0.05) is 0 Å². The number of nitrogens with one attached hydrogen (secondary N) is 1. The van der Waals surface area contributed by atoms with E-state index in [1.807, 2.05) is 17.5 Å². The zero-order valence-electron chi connectivity index (χ0n) is 11.2. The van der Waals surface area contributed by atoms with Crippen molar-refractivity contribution in [3.05, 3.63) is 29.5 Å². The molecule has 1 aliphatic rings. The summed E-state index contributed by atoms with van der Waals surface area (Å²) < 4.78 is 10.6.